The van der Waals surface area contributed by atoms with E-state index in [0.29, 0.717) is 13.1 Å². The van der Waals surface area contributed by atoms with E-state index in [1.165, 1.54) is 4.90 Å². The number of carbonyl (C=O) groups excluding carboxylic acids is 1. The average Bonchev–Trinajstić information content (AvgIpc) is 2.17. The lowest BCUT2D eigenvalue weighted by Gasteiger charge is -2.22. The molecule has 0 saturated carbocycles. The maximum atomic E-state index is 11.4. The molecule has 0 aliphatic carbocycles. The van der Waals surface area contributed by atoms with E-state index in [-0.39, 0.29) is 18.7 Å². The predicted octanol–water partition coefficient (Wildman–Crippen LogP) is -0.0104. The fraction of sp³-hybridized carbons (Fsp3) is 0.667. The van der Waals surface area contributed by atoms with Crippen molar-refractivity contribution >= 4 is 5.91 Å². The third kappa shape index (κ3) is 4.44. The molecule has 76 valence electrons. The molecular weight excluding hydrogens is 180 g/mol. The van der Waals surface area contributed by atoms with Crippen molar-refractivity contribution in [3.63, 3.8) is 0 Å². The molecule has 5 heteroatoms. The van der Waals surface area contributed by atoms with Gasteiger partial charge in [0.15, 0.2) is 0 Å². The van der Waals surface area contributed by atoms with Crippen LogP contribution in [0.25, 0.3) is 0 Å². The third-order valence-electron chi connectivity index (χ3n) is 1.69. The molecule has 0 fully saturated rings. The summed E-state index contributed by atoms with van der Waals surface area (Å²) >= 11 is 0. The smallest absolute Gasteiger partial charge is 0.239 e. The Morgan fingerprint density at radius 3 is 2.07 bits per heavy atom. The molecule has 0 aromatic rings. The van der Waals surface area contributed by atoms with Crippen LogP contribution in [-0.4, -0.2) is 29.9 Å². The molecule has 1 unspecified atom stereocenters. The van der Waals surface area contributed by atoms with Crippen molar-refractivity contribution in [2.45, 2.75) is 25.8 Å². The van der Waals surface area contributed by atoms with Crippen molar-refractivity contribution < 1.29 is 4.79 Å². The Labute approximate surface area is 83.7 Å². The molecule has 0 aromatic heterocycles. The van der Waals surface area contributed by atoms with Gasteiger partial charge in [-0.25, -0.2) is 0 Å². The van der Waals surface area contributed by atoms with Crippen LogP contribution in [0.3, 0.4) is 0 Å². The van der Waals surface area contributed by atoms with Crippen LogP contribution in [0.1, 0.15) is 19.8 Å². The zero-order valence-electron chi connectivity index (χ0n) is 8.23. The van der Waals surface area contributed by atoms with Gasteiger partial charge in [-0.15, -0.1) is 0 Å². The zero-order valence-corrected chi connectivity index (χ0v) is 8.23. The van der Waals surface area contributed by atoms with E-state index in [9.17, 15) is 4.79 Å². The standard InChI is InChI=1S/C9H14N4O/c1-8(12)9(14)13(6-2-4-10)7-3-5-11/h8H,2-3,6-7,12H2,1H3. The van der Waals surface area contributed by atoms with Gasteiger partial charge in [0.2, 0.25) is 5.91 Å². The average molecular weight is 194 g/mol. The Morgan fingerprint density at radius 1 is 1.36 bits per heavy atom. The van der Waals surface area contributed by atoms with Gasteiger partial charge in [0.05, 0.1) is 31.0 Å². The Hall–Kier alpha value is -1.59. The number of nitrogens with zero attached hydrogens (tertiary/aromatic N) is 3. The summed E-state index contributed by atoms with van der Waals surface area (Å²) in [5, 5.41) is 16.8. The lowest BCUT2D eigenvalue weighted by Crippen LogP contribution is -2.42. The second kappa shape index (κ2) is 6.88. The maximum absolute atomic E-state index is 11.4. The first-order chi connectivity index (χ1) is 6.63. The summed E-state index contributed by atoms with van der Waals surface area (Å²) in [6.07, 6.45) is 0.535. The predicted molar refractivity (Wildman–Crippen MR) is 50.7 cm³/mol. The summed E-state index contributed by atoms with van der Waals surface area (Å²) in [6.45, 7) is 2.28. The summed E-state index contributed by atoms with van der Waals surface area (Å²) in [6, 6.07) is 3.33. The SMILES string of the molecule is CC(N)C(=O)N(CCC#N)CCC#N. The van der Waals surface area contributed by atoms with E-state index in [1.807, 2.05) is 12.1 Å². The van der Waals surface area contributed by atoms with E-state index in [4.69, 9.17) is 16.3 Å². The lowest BCUT2D eigenvalue weighted by molar-refractivity contribution is -0.132. The first-order valence-electron chi connectivity index (χ1n) is 4.41. The van der Waals surface area contributed by atoms with Crippen LogP contribution in [0, 0.1) is 22.7 Å². The minimum atomic E-state index is -0.576. The van der Waals surface area contributed by atoms with E-state index < -0.39 is 6.04 Å². The van der Waals surface area contributed by atoms with E-state index in [1.54, 1.807) is 6.92 Å². The van der Waals surface area contributed by atoms with Gasteiger partial charge < -0.3 is 10.6 Å². The van der Waals surface area contributed by atoms with Gasteiger partial charge in [0.1, 0.15) is 0 Å². The van der Waals surface area contributed by atoms with Crippen molar-refractivity contribution in [3.8, 4) is 12.1 Å². The molecule has 0 rings (SSSR count). The molecular formula is C9H14N4O. The van der Waals surface area contributed by atoms with Gasteiger partial charge in [-0.1, -0.05) is 0 Å². The van der Waals surface area contributed by atoms with Crippen molar-refractivity contribution in [3.05, 3.63) is 0 Å². The highest BCUT2D eigenvalue weighted by Gasteiger charge is 2.16. The monoisotopic (exact) mass is 194 g/mol. The van der Waals surface area contributed by atoms with E-state index in [2.05, 4.69) is 0 Å². The number of hydrogen-bond donors (Lipinski definition) is 1. The highest BCUT2D eigenvalue weighted by molar-refractivity contribution is 5.81. The normalized spacial score (nSPS) is 11.1. The number of amides is 1. The number of carbonyl (C=O) groups is 1. The molecule has 0 spiro atoms. The minimum absolute atomic E-state index is 0.212. The molecule has 5 nitrogen and oxygen atoms in total. The topological polar surface area (TPSA) is 93.9 Å². The van der Waals surface area contributed by atoms with Crippen LogP contribution >= 0.6 is 0 Å². The van der Waals surface area contributed by atoms with Crippen LogP contribution < -0.4 is 5.73 Å². The van der Waals surface area contributed by atoms with Crippen LogP contribution in [0.2, 0.25) is 0 Å². The van der Waals surface area contributed by atoms with Gasteiger partial charge >= 0.3 is 0 Å². The van der Waals surface area contributed by atoms with Crippen molar-refractivity contribution in [1.29, 1.82) is 10.5 Å². The summed E-state index contributed by atoms with van der Waals surface area (Å²) in [7, 11) is 0. The number of nitrogens with two attached hydrogens (primary N) is 1. The van der Waals surface area contributed by atoms with Crippen molar-refractivity contribution in [2.24, 2.45) is 5.73 Å². The minimum Gasteiger partial charge on any atom is -0.339 e. The van der Waals surface area contributed by atoms with Crippen LogP contribution in [0.4, 0.5) is 0 Å². The van der Waals surface area contributed by atoms with Gasteiger partial charge in [0, 0.05) is 13.1 Å². The van der Waals surface area contributed by atoms with E-state index >= 15 is 0 Å². The molecule has 0 radical (unpaired) electrons. The Kier molecular flexibility index (Phi) is 6.09. The molecule has 1 atom stereocenters. The summed E-state index contributed by atoms with van der Waals surface area (Å²) < 4.78 is 0. The van der Waals surface area contributed by atoms with Crippen LogP contribution in [0.5, 0.6) is 0 Å². The van der Waals surface area contributed by atoms with Crippen LogP contribution in [0.15, 0.2) is 0 Å². The third-order valence-corrected chi connectivity index (χ3v) is 1.69. The summed E-state index contributed by atoms with van der Waals surface area (Å²) in [4.78, 5) is 12.9. The van der Waals surface area contributed by atoms with Gasteiger partial charge in [0.25, 0.3) is 0 Å². The van der Waals surface area contributed by atoms with Gasteiger partial charge in [-0.2, -0.15) is 10.5 Å². The molecule has 0 aromatic carbocycles. The number of rotatable bonds is 5. The molecule has 0 bridgehead atoms. The Bertz CT molecular complexity index is 243. The van der Waals surface area contributed by atoms with Crippen LogP contribution in [-0.2, 0) is 4.79 Å². The second-order valence-electron chi connectivity index (χ2n) is 2.93. The molecule has 0 saturated heterocycles. The summed E-state index contributed by atoms with van der Waals surface area (Å²) in [5.41, 5.74) is 5.42. The van der Waals surface area contributed by atoms with Gasteiger partial charge in [-0.05, 0) is 6.92 Å². The molecule has 1 amide bonds. The quantitative estimate of drug-likeness (QED) is 0.666. The van der Waals surface area contributed by atoms with Crippen molar-refractivity contribution in [2.75, 3.05) is 13.1 Å². The van der Waals surface area contributed by atoms with Gasteiger partial charge in [-0.3, -0.25) is 4.79 Å². The van der Waals surface area contributed by atoms with Crippen molar-refractivity contribution in [1.82, 2.24) is 4.90 Å². The first kappa shape index (κ1) is 12.4. The van der Waals surface area contributed by atoms with E-state index in [0.717, 1.165) is 0 Å². The second-order valence-corrected chi connectivity index (χ2v) is 2.93. The molecule has 0 aliphatic rings. The highest BCUT2D eigenvalue weighted by atomic mass is 16.2. The lowest BCUT2D eigenvalue weighted by atomic mass is 10.2. The number of nitriles is 2. The zero-order chi connectivity index (χ0) is 11.0. The molecule has 14 heavy (non-hydrogen) atoms. The maximum Gasteiger partial charge on any atom is 0.239 e. The fourth-order valence-corrected chi connectivity index (χ4v) is 0.990. The largest absolute Gasteiger partial charge is 0.339 e. The first-order valence-corrected chi connectivity index (χ1v) is 4.41. The molecule has 0 aliphatic heterocycles. The number of hydrogen-bond acceptors (Lipinski definition) is 4. The fourth-order valence-electron chi connectivity index (χ4n) is 0.990. The summed E-state index contributed by atoms with van der Waals surface area (Å²) in [5.74, 6) is -0.212. The Balaban J connectivity index is 4.18. The highest BCUT2D eigenvalue weighted by Crippen LogP contribution is 1.97. The Morgan fingerprint density at radius 2 is 1.79 bits per heavy atom. The molecule has 2 N–H and O–H groups in total. The molecule has 0 heterocycles.